The Hall–Kier alpha value is -2.31. The van der Waals surface area contributed by atoms with Crippen molar-refractivity contribution in [2.24, 2.45) is 7.05 Å². The fraction of sp³-hybridized carbons (Fsp3) is 0.720. The number of nitrogens with zero attached hydrogens (tertiary/aromatic N) is 4. The summed E-state index contributed by atoms with van der Waals surface area (Å²) >= 11 is 0. The SMILES string of the molecule is CCCN1CCC(c2nn(C)c3nc(O[C@H]4O[C@@H](OC(C)=O)[C@@H](O)[C@@H](O)[C@H]4O)c4c(c23)CCCC4)C1. The summed E-state index contributed by atoms with van der Waals surface area (Å²) in [6.07, 6.45) is -1.78. The maximum Gasteiger partial charge on any atom is 0.305 e. The number of pyridine rings is 1. The van der Waals surface area contributed by atoms with Crippen molar-refractivity contribution in [2.75, 3.05) is 19.6 Å². The predicted molar refractivity (Wildman–Crippen MR) is 128 cm³/mol. The largest absolute Gasteiger partial charge is 0.444 e. The van der Waals surface area contributed by atoms with Gasteiger partial charge in [0.1, 0.15) is 18.3 Å². The lowest BCUT2D eigenvalue weighted by Gasteiger charge is -2.39. The van der Waals surface area contributed by atoms with Crippen molar-refractivity contribution in [3.05, 3.63) is 16.8 Å². The number of aromatic nitrogens is 3. The summed E-state index contributed by atoms with van der Waals surface area (Å²) in [6, 6.07) is 0. The third kappa shape index (κ3) is 4.58. The molecule has 0 bridgehead atoms. The molecule has 1 aliphatic carbocycles. The standard InChI is InChI=1S/C25H36N4O7/c1-4-10-29-11-9-14(12-29)18-17-15-7-5-6-8-16(15)23(26-22(17)28(3)27-18)35-25-21(33)19(31)20(32)24(36-25)34-13(2)30/h14,19-21,24-25,31-33H,4-12H2,1-3H3/t14?,19-,20+,21-,24-,25+/m1/s1. The minimum atomic E-state index is -1.62. The number of hydrogen-bond donors (Lipinski definition) is 3. The number of hydrogen-bond acceptors (Lipinski definition) is 10. The molecule has 3 N–H and O–H groups in total. The summed E-state index contributed by atoms with van der Waals surface area (Å²) in [4.78, 5) is 18.7. The fourth-order valence-electron chi connectivity index (χ4n) is 5.78. The van der Waals surface area contributed by atoms with Crippen LogP contribution in [0.4, 0.5) is 0 Å². The summed E-state index contributed by atoms with van der Waals surface area (Å²) in [6.45, 7) is 6.52. The van der Waals surface area contributed by atoms with Crippen LogP contribution in [0.3, 0.4) is 0 Å². The van der Waals surface area contributed by atoms with E-state index in [1.54, 1.807) is 4.68 Å². The molecule has 6 atom stereocenters. The molecule has 2 fully saturated rings. The van der Waals surface area contributed by atoms with Gasteiger partial charge < -0.3 is 29.7 Å². The van der Waals surface area contributed by atoms with Crippen molar-refractivity contribution in [1.29, 1.82) is 0 Å². The molecule has 2 aromatic rings. The lowest BCUT2D eigenvalue weighted by Crippen LogP contribution is -2.60. The maximum atomic E-state index is 11.4. The molecule has 2 aromatic heterocycles. The Balaban J connectivity index is 1.50. The van der Waals surface area contributed by atoms with Crippen LogP contribution in [-0.2, 0) is 34.2 Å². The minimum Gasteiger partial charge on any atom is -0.444 e. The molecule has 3 aliphatic rings. The van der Waals surface area contributed by atoms with E-state index >= 15 is 0 Å². The average molecular weight is 505 g/mol. The second kappa shape index (κ2) is 10.2. The highest BCUT2D eigenvalue weighted by molar-refractivity contribution is 5.85. The van der Waals surface area contributed by atoms with Gasteiger partial charge in [0.05, 0.1) is 5.69 Å². The van der Waals surface area contributed by atoms with E-state index in [4.69, 9.17) is 24.3 Å². The number of aliphatic hydroxyl groups is 3. The van der Waals surface area contributed by atoms with Crippen molar-refractivity contribution >= 4 is 17.0 Å². The predicted octanol–water partition coefficient (Wildman–Crippen LogP) is 0.753. The van der Waals surface area contributed by atoms with Gasteiger partial charge in [-0.05, 0) is 57.2 Å². The topological polar surface area (TPSA) is 139 Å². The Morgan fingerprint density at radius 3 is 2.56 bits per heavy atom. The van der Waals surface area contributed by atoms with E-state index in [2.05, 4.69) is 11.8 Å². The smallest absolute Gasteiger partial charge is 0.305 e. The minimum absolute atomic E-state index is 0.306. The van der Waals surface area contributed by atoms with Crippen LogP contribution in [0.15, 0.2) is 0 Å². The van der Waals surface area contributed by atoms with Crippen LogP contribution in [-0.4, -0.2) is 91.5 Å². The highest BCUT2D eigenvalue weighted by atomic mass is 16.8. The van der Waals surface area contributed by atoms with Gasteiger partial charge in [-0.15, -0.1) is 0 Å². The van der Waals surface area contributed by atoms with Gasteiger partial charge in [0, 0.05) is 37.4 Å². The summed E-state index contributed by atoms with van der Waals surface area (Å²) < 4.78 is 18.4. The highest BCUT2D eigenvalue weighted by Crippen LogP contribution is 2.40. The molecule has 36 heavy (non-hydrogen) atoms. The zero-order chi connectivity index (χ0) is 25.6. The monoisotopic (exact) mass is 504 g/mol. The quantitative estimate of drug-likeness (QED) is 0.483. The normalized spacial score (nSPS) is 30.9. The third-order valence-corrected chi connectivity index (χ3v) is 7.51. The molecule has 4 heterocycles. The molecule has 0 spiro atoms. The van der Waals surface area contributed by atoms with Crippen LogP contribution < -0.4 is 4.74 Å². The molecule has 1 unspecified atom stereocenters. The number of aryl methyl sites for hydroxylation is 2. The number of ether oxygens (including phenoxy) is 3. The summed E-state index contributed by atoms with van der Waals surface area (Å²) in [7, 11) is 1.87. The van der Waals surface area contributed by atoms with Crippen LogP contribution in [0.5, 0.6) is 5.88 Å². The zero-order valence-corrected chi connectivity index (χ0v) is 21.1. The van der Waals surface area contributed by atoms with Gasteiger partial charge >= 0.3 is 5.97 Å². The second-order valence-corrected chi connectivity index (χ2v) is 10.1. The van der Waals surface area contributed by atoms with E-state index in [1.807, 2.05) is 7.05 Å². The van der Waals surface area contributed by atoms with Gasteiger partial charge in [-0.1, -0.05) is 6.92 Å². The molecule has 0 amide bonds. The van der Waals surface area contributed by atoms with Crippen molar-refractivity contribution in [2.45, 2.75) is 89.2 Å². The zero-order valence-electron chi connectivity index (χ0n) is 21.1. The van der Waals surface area contributed by atoms with Gasteiger partial charge in [0.15, 0.2) is 5.65 Å². The Morgan fingerprint density at radius 2 is 1.83 bits per heavy atom. The van der Waals surface area contributed by atoms with Crippen LogP contribution in [0, 0.1) is 0 Å². The summed E-state index contributed by atoms with van der Waals surface area (Å²) in [5, 5.41) is 37.1. The number of fused-ring (bicyclic) bond motifs is 3. The second-order valence-electron chi connectivity index (χ2n) is 10.1. The number of rotatable bonds is 6. The molecule has 11 heteroatoms. The number of esters is 1. The lowest BCUT2D eigenvalue weighted by molar-refractivity contribution is -0.324. The highest BCUT2D eigenvalue weighted by Gasteiger charge is 2.47. The van der Waals surface area contributed by atoms with E-state index in [1.165, 1.54) is 12.5 Å². The molecule has 2 aliphatic heterocycles. The van der Waals surface area contributed by atoms with Crippen molar-refractivity contribution in [1.82, 2.24) is 19.7 Å². The number of carbonyl (C=O) groups excluding carboxylic acids is 1. The van der Waals surface area contributed by atoms with Gasteiger partial charge in [0.2, 0.25) is 18.5 Å². The van der Waals surface area contributed by atoms with E-state index in [0.717, 1.165) is 74.8 Å². The maximum absolute atomic E-state index is 11.4. The van der Waals surface area contributed by atoms with E-state index < -0.39 is 36.9 Å². The van der Waals surface area contributed by atoms with Crippen LogP contribution in [0.25, 0.3) is 11.0 Å². The third-order valence-electron chi connectivity index (χ3n) is 7.51. The van der Waals surface area contributed by atoms with E-state index in [-0.39, 0.29) is 0 Å². The van der Waals surface area contributed by atoms with Crippen molar-refractivity contribution in [3.8, 4) is 5.88 Å². The van der Waals surface area contributed by atoms with Crippen LogP contribution in [0.2, 0.25) is 0 Å². The number of carbonyl (C=O) groups is 1. The lowest BCUT2D eigenvalue weighted by atomic mass is 9.88. The number of aliphatic hydroxyl groups excluding tert-OH is 3. The molecular formula is C25H36N4O7. The van der Waals surface area contributed by atoms with Crippen LogP contribution >= 0.6 is 0 Å². The van der Waals surface area contributed by atoms with Gasteiger partial charge in [-0.2, -0.15) is 10.1 Å². The first kappa shape index (κ1) is 25.3. The Kier molecular flexibility index (Phi) is 7.19. The molecular weight excluding hydrogens is 468 g/mol. The molecule has 11 nitrogen and oxygen atoms in total. The molecule has 2 saturated heterocycles. The Morgan fingerprint density at radius 1 is 1.11 bits per heavy atom. The molecule has 0 saturated carbocycles. The van der Waals surface area contributed by atoms with Crippen molar-refractivity contribution < 1.29 is 34.3 Å². The molecule has 0 aromatic carbocycles. The molecule has 198 valence electrons. The molecule has 5 rings (SSSR count). The first-order valence-corrected chi connectivity index (χ1v) is 12.9. The van der Waals surface area contributed by atoms with Gasteiger partial charge in [-0.3, -0.25) is 14.2 Å². The van der Waals surface area contributed by atoms with Gasteiger partial charge in [-0.25, -0.2) is 0 Å². The first-order chi connectivity index (χ1) is 17.3. The summed E-state index contributed by atoms with van der Waals surface area (Å²) in [5.41, 5.74) is 3.91. The average Bonchev–Trinajstić information content (AvgIpc) is 3.45. The Bertz CT molecular complexity index is 1120. The fourth-order valence-corrected chi connectivity index (χ4v) is 5.78. The van der Waals surface area contributed by atoms with Gasteiger partial charge in [0.25, 0.3) is 0 Å². The Labute approximate surface area is 210 Å². The molecule has 0 radical (unpaired) electrons. The number of likely N-dealkylation sites (tertiary alicyclic amines) is 1. The first-order valence-electron chi connectivity index (χ1n) is 12.9. The summed E-state index contributed by atoms with van der Waals surface area (Å²) in [5.74, 6) is -0.0328. The van der Waals surface area contributed by atoms with E-state index in [9.17, 15) is 20.1 Å². The van der Waals surface area contributed by atoms with E-state index in [0.29, 0.717) is 17.4 Å². The van der Waals surface area contributed by atoms with Crippen LogP contribution in [0.1, 0.15) is 62.3 Å². The van der Waals surface area contributed by atoms with Crippen molar-refractivity contribution in [3.63, 3.8) is 0 Å².